The number of rotatable bonds is 3. The third-order valence-electron chi connectivity index (χ3n) is 7.23. The molecule has 5 fully saturated rings. The van der Waals surface area contributed by atoms with E-state index in [-0.39, 0.29) is 11.3 Å². The lowest BCUT2D eigenvalue weighted by Gasteiger charge is -2.56. The van der Waals surface area contributed by atoms with E-state index >= 15 is 0 Å². The Balaban J connectivity index is 1.48. The highest BCUT2D eigenvalue weighted by molar-refractivity contribution is 8.26. The molecule has 7 rings (SSSR count). The second kappa shape index (κ2) is 6.54. The van der Waals surface area contributed by atoms with Crippen LogP contribution in [-0.4, -0.2) is 20.0 Å². The van der Waals surface area contributed by atoms with Crippen molar-refractivity contribution in [2.24, 2.45) is 17.8 Å². The maximum atomic E-state index is 12.3. The second-order valence-corrected chi connectivity index (χ2v) is 11.0. The van der Waals surface area contributed by atoms with E-state index in [1.807, 2.05) is 29.0 Å². The molecule has 4 saturated carbocycles. The van der Waals surface area contributed by atoms with Crippen molar-refractivity contribution in [2.75, 3.05) is 0 Å². The van der Waals surface area contributed by atoms with E-state index in [0.717, 1.165) is 29.0 Å². The number of amides is 1. The quantitative estimate of drug-likeness (QED) is 0.570. The molecule has 1 aromatic carbocycles. The third-order valence-corrected chi connectivity index (χ3v) is 8.40. The number of benzene rings is 1. The first-order chi connectivity index (χ1) is 14.1. The minimum atomic E-state index is -0.0936. The topological polar surface area (TPSA) is 46.9 Å². The fraction of sp³-hybridized carbons (Fsp3) is 0.435. The molecule has 0 atom stereocenters. The summed E-state index contributed by atoms with van der Waals surface area (Å²) in [4.78, 5) is 13.0. The number of hydrogen-bond acceptors (Lipinski definition) is 4. The number of nitrogens with zero attached hydrogens (tertiary/aromatic N) is 2. The monoisotopic (exact) mass is 421 g/mol. The Labute approximate surface area is 180 Å². The van der Waals surface area contributed by atoms with E-state index in [4.69, 9.17) is 17.3 Å². The summed E-state index contributed by atoms with van der Waals surface area (Å²) in [7, 11) is 0. The summed E-state index contributed by atoms with van der Waals surface area (Å²) in [6.07, 6.45) is 12.1. The summed E-state index contributed by atoms with van der Waals surface area (Å²) in [5.41, 5.74) is 3.50. The first-order valence-electron chi connectivity index (χ1n) is 10.5. The van der Waals surface area contributed by atoms with Gasteiger partial charge in [-0.15, -0.1) is 0 Å². The van der Waals surface area contributed by atoms with Gasteiger partial charge < -0.3 is 5.32 Å². The zero-order valence-corrected chi connectivity index (χ0v) is 17.8. The van der Waals surface area contributed by atoms with E-state index in [2.05, 4.69) is 23.6 Å². The molecular weight excluding hydrogens is 398 g/mol. The predicted octanol–water partition coefficient (Wildman–Crippen LogP) is 4.83. The molecule has 0 unspecified atom stereocenters. The third kappa shape index (κ3) is 2.99. The Kier molecular flexibility index (Phi) is 4.04. The highest BCUT2D eigenvalue weighted by atomic mass is 32.2. The van der Waals surface area contributed by atoms with Gasteiger partial charge in [-0.3, -0.25) is 4.79 Å². The highest BCUT2D eigenvalue weighted by Crippen LogP contribution is 2.61. The number of aromatic nitrogens is 2. The molecule has 0 spiro atoms. The zero-order chi connectivity index (χ0) is 19.6. The maximum Gasteiger partial charge on any atom is 0.263 e. The molecule has 2 aromatic rings. The molecule has 1 N–H and O–H groups in total. The smallest absolute Gasteiger partial charge is 0.263 e. The molecule has 6 heteroatoms. The Morgan fingerprint density at radius 2 is 1.76 bits per heavy atom. The van der Waals surface area contributed by atoms with Gasteiger partial charge in [0.2, 0.25) is 0 Å². The number of hydrogen-bond donors (Lipinski definition) is 1. The van der Waals surface area contributed by atoms with Gasteiger partial charge in [0.15, 0.2) is 0 Å². The molecule has 4 nitrogen and oxygen atoms in total. The fourth-order valence-corrected chi connectivity index (χ4v) is 7.62. The van der Waals surface area contributed by atoms with Crippen LogP contribution in [0, 0.1) is 17.8 Å². The summed E-state index contributed by atoms with van der Waals surface area (Å²) < 4.78 is 2.53. The standard InChI is InChI=1S/C23H23N3OS2/c27-21-19(29-22(28)24-21)9-17-13-26(18-4-2-1-3-5-18)25-20(17)23-10-14-6-15(11-23)8-16(7-14)12-23/h1-5,9,13-16H,6-8,10-12H2,(H,24,27,28)/b19-9-. The molecule has 4 aliphatic carbocycles. The van der Waals surface area contributed by atoms with E-state index in [0.29, 0.717) is 9.23 Å². The first-order valence-corrected chi connectivity index (χ1v) is 11.7. The summed E-state index contributed by atoms with van der Waals surface area (Å²) >= 11 is 6.54. The van der Waals surface area contributed by atoms with Crippen LogP contribution in [0.1, 0.15) is 49.8 Å². The van der Waals surface area contributed by atoms with Crippen molar-refractivity contribution in [1.29, 1.82) is 0 Å². The molecule has 1 aromatic heterocycles. The van der Waals surface area contributed by atoms with Crippen molar-refractivity contribution in [3.05, 3.63) is 52.7 Å². The van der Waals surface area contributed by atoms with Gasteiger partial charge in [0, 0.05) is 17.2 Å². The van der Waals surface area contributed by atoms with Gasteiger partial charge in [0.05, 0.1) is 16.3 Å². The Bertz CT molecular complexity index is 1000. The van der Waals surface area contributed by atoms with Gasteiger partial charge in [-0.2, -0.15) is 5.10 Å². The SMILES string of the molecule is O=C1NC(=S)S/C1=C\c1cn(-c2ccccc2)nc1C12CC3CC(CC(C3)C1)C2. The molecule has 2 heterocycles. The number of nitrogens with one attached hydrogen (secondary N) is 1. The molecular formula is C23H23N3OS2. The summed E-state index contributed by atoms with van der Waals surface area (Å²) in [6, 6.07) is 10.3. The van der Waals surface area contributed by atoms with Crippen molar-refractivity contribution < 1.29 is 4.79 Å². The van der Waals surface area contributed by atoms with Crippen molar-refractivity contribution in [3.63, 3.8) is 0 Å². The van der Waals surface area contributed by atoms with Crippen LogP contribution >= 0.6 is 24.0 Å². The van der Waals surface area contributed by atoms with Gasteiger partial charge in [0.25, 0.3) is 5.91 Å². The number of thioether (sulfide) groups is 1. The lowest BCUT2D eigenvalue weighted by molar-refractivity contribution is -0.115. The number of carbonyl (C=O) groups is 1. The van der Waals surface area contributed by atoms with Gasteiger partial charge >= 0.3 is 0 Å². The Hall–Kier alpha value is -1.92. The van der Waals surface area contributed by atoms with Gasteiger partial charge in [0.1, 0.15) is 4.32 Å². The Morgan fingerprint density at radius 3 is 2.34 bits per heavy atom. The minimum absolute atomic E-state index is 0.0936. The normalized spacial score (nSPS) is 34.2. The van der Waals surface area contributed by atoms with Crippen molar-refractivity contribution in [2.45, 2.75) is 43.9 Å². The summed E-state index contributed by atoms with van der Waals surface area (Å²) in [5, 5.41) is 7.90. The highest BCUT2D eigenvalue weighted by Gasteiger charge is 2.53. The largest absolute Gasteiger partial charge is 0.307 e. The fourth-order valence-electron chi connectivity index (χ4n) is 6.58. The number of para-hydroxylation sites is 1. The minimum Gasteiger partial charge on any atom is -0.307 e. The van der Waals surface area contributed by atoms with Crippen molar-refractivity contribution in [3.8, 4) is 5.69 Å². The molecule has 1 aliphatic heterocycles. The zero-order valence-electron chi connectivity index (χ0n) is 16.1. The number of carbonyl (C=O) groups excluding carboxylic acids is 1. The molecule has 1 saturated heterocycles. The van der Waals surface area contributed by atoms with Gasteiger partial charge in [-0.05, 0) is 74.5 Å². The lowest BCUT2D eigenvalue weighted by Crippen LogP contribution is -2.49. The van der Waals surface area contributed by atoms with E-state index < -0.39 is 0 Å². The van der Waals surface area contributed by atoms with Gasteiger partial charge in [-0.1, -0.05) is 42.2 Å². The molecule has 0 radical (unpaired) electrons. The first kappa shape index (κ1) is 17.9. The van der Waals surface area contributed by atoms with Crippen LogP contribution in [-0.2, 0) is 10.2 Å². The maximum absolute atomic E-state index is 12.3. The second-order valence-electron chi connectivity index (χ2n) is 9.26. The van der Waals surface area contributed by atoms with Crippen molar-refractivity contribution in [1.82, 2.24) is 15.1 Å². The average Bonchev–Trinajstić information content (AvgIpc) is 3.25. The molecule has 29 heavy (non-hydrogen) atoms. The van der Waals surface area contributed by atoms with Gasteiger partial charge in [-0.25, -0.2) is 4.68 Å². The summed E-state index contributed by atoms with van der Waals surface area (Å²) in [5.74, 6) is 2.45. The van der Waals surface area contributed by atoms with Crippen LogP contribution in [0.15, 0.2) is 41.4 Å². The van der Waals surface area contributed by atoms with Crippen LogP contribution in [0.3, 0.4) is 0 Å². The van der Waals surface area contributed by atoms with E-state index in [9.17, 15) is 4.79 Å². The average molecular weight is 422 g/mol. The van der Waals surface area contributed by atoms with Crippen LogP contribution < -0.4 is 5.32 Å². The van der Waals surface area contributed by atoms with Crippen LogP contribution in [0.5, 0.6) is 0 Å². The lowest BCUT2D eigenvalue weighted by atomic mass is 9.48. The Morgan fingerprint density at radius 1 is 1.10 bits per heavy atom. The molecule has 148 valence electrons. The van der Waals surface area contributed by atoms with Crippen LogP contribution in [0.2, 0.25) is 0 Å². The van der Waals surface area contributed by atoms with E-state index in [1.165, 1.54) is 56.0 Å². The summed E-state index contributed by atoms with van der Waals surface area (Å²) in [6.45, 7) is 0. The van der Waals surface area contributed by atoms with Crippen LogP contribution in [0.25, 0.3) is 11.8 Å². The number of thiocarbonyl (C=S) groups is 1. The molecule has 5 aliphatic rings. The van der Waals surface area contributed by atoms with Crippen molar-refractivity contribution >= 4 is 40.3 Å². The molecule has 1 amide bonds. The van der Waals surface area contributed by atoms with Crippen LogP contribution in [0.4, 0.5) is 0 Å². The van der Waals surface area contributed by atoms with E-state index in [1.54, 1.807) is 0 Å². The predicted molar refractivity (Wildman–Crippen MR) is 120 cm³/mol. The molecule has 4 bridgehead atoms.